The first-order valence-corrected chi connectivity index (χ1v) is 5.27. The van der Waals surface area contributed by atoms with Crippen LogP contribution in [0, 0.1) is 6.92 Å². The van der Waals surface area contributed by atoms with Gasteiger partial charge in [-0.2, -0.15) is 4.68 Å². The van der Waals surface area contributed by atoms with E-state index in [1.165, 1.54) is 11.0 Å². The van der Waals surface area contributed by atoms with Crippen LogP contribution < -0.4 is 5.73 Å². The van der Waals surface area contributed by atoms with Gasteiger partial charge >= 0.3 is 0 Å². The van der Waals surface area contributed by atoms with Gasteiger partial charge in [-0.25, -0.2) is 9.97 Å². The van der Waals surface area contributed by atoms with Gasteiger partial charge in [-0.1, -0.05) is 5.16 Å². The zero-order valence-electron chi connectivity index (χ0n) is 9.83. The average Bonchev–Trinajstić information content (AvgIpc) is 3.05. The summed E-state index contributed by atoms with van der Waals surface area (Å²) < 4.78 is 3.16. The van der Waals surface area contributed by atoms with E-state index >= 15 is 0 Å². The average molecular weight is 259 g/mol. The smallest absolute Gasteiger partial charge is 0.220 e. The molecule has 3 aromatic heterocycles. The SMILES string of the molecule is Cc1nnc2c(-n3cnc(C(N)=NO)n3)nccn12. The van der Waals surface area contributed by atoms with E-state index in [0.717, 1.165) is 5.82 Å². The van der Waals surface area contributed by atoms with E-state index in [0.29, 0.717) is 11.5 Å². The van der Waals surface area contributed by atoms with Crippen LogP contribution in [-0.2, 0) is 0 Å². The fourth-order valence-corrected chi connectivity index (χ4v) is 1.62. The molecule has 0 fully saturated rings. The number of hydrogen-bond acceptors (Lipinski definition) is 7. The molecule has 96 valence electrons. The zero-order valence-corrected chi connectivity index (χ0v) is 9.83. The second-order valence-corrected chi connectivity index (χ2v) is 3.69. The standard InChI is InChI=1S/C9H9N9O/c1-5-13-14-9-8(11-2-3-17(5)9)18-4-12-7(15-18)6(10)16-19/h2-4,19H,1H3,(H2,10,16). The number of aryl methyl sites for hydroxylation is 1. The van der Waals surface area contributed by atoms with E-state index < -0.39 is 0 Å². The molecule has 0 aliphatic carbocycles. The lowest BCUT2D eigenvalue weighted by Crippen LogP contribution is -2.15. The molecule has 0 radical (unpaired) electrons. The van der Waals surface area contributed by atoms with Crippen molar-refractivity contribution in [2.45, 2.75) is 6.92 Å². The Bertz CT molecular complexity index is 771. The van der Waals surface area contributed by atoms with Crippen molar-refractivity contribution in [3.05, 3.63) is 30.4 Å². The predicted octanol–water partition coefficient (Wildman–Crippen LogP) is -0.892. The number of hydrogen-bond donors (Lipinski definition) is 2. The maximum atomic E-state index is 8.57. The lowest BCUT2D eigenvalue weighted by molar-refractivity contribution is 0.318. The van der Waals surface area contributed by atoms with Crippen molar-refractivity contribution < 1.29 is 5.21 Å². The first-order chi connectivity index (χ1) is 9.20. The Morgan fingerprint density at radius 3 is 3.00 bits per heavy atom. The number of fused-ring (bicyclic) bond motifs is 1. The largest absolute Gasteiger partial charge is 0.409 e. The van der Waals surface area contributed by atoms with Gasteiger partial charge in [-0.05, 0) is 6.92 Å². The van der Waals surface area contributed by atoms with Gasteiger partial charge in [0.25, 0.3) is 0 Å². The number of nitrogens with zero attached hydrogens (tertiary/aromatic N) is 8. The highest BCUT2D eigenvalue weighted by Gasteiger charge is 2.13. The Morgan fingerprint density at radius 1 is 1.37 bits per heavy atom. The number of nitrogens with two attached hydrogens (primary N) is 1. The minimum absolute atomic E-state index is 0.0996. The van der Waals surface area contributed by atoms with E-state index in [9.17, 15) is 0 Å². The third kappa shape index (κ3) is 1.66. The van der Waals surface area contributed by atoms with Crippen LogP contribution in [0.25, 0.3) is 11.5 Å². The second-order valence-electron chi connectivity index (χ2n) is 3.69. The van der Waals surface area contributed by atoms with Gasteiger partial charge in [0.05, 0.1) is 0 Å². The summed E-state index contributed by atoms with van der Waals surface area (Å²) in [5, 5.41) is 23.4. The molecule has 10 nitrogen and oxygen atoms in total. The molecule has 0 unspecified atom stereocenters. The molecule has 0 aliphatic rings. The molecule has 3 rings (SSSR count). The van der Waals surface area contributed by atoms with Crippen LogP contribution >= 0.6 is 0 Å². The molecule has 3 aromatic rings. The number of oxime groups is 1. The highest BCUT2D eigenvalue weighted by atomic mass is 16.4. The van der Waals surface area contributed by atoms with Crippen molar-refractivity contribution in [3.63, 3.8) is 0 Å². The summed E-state index contributed by atoms with van der Waals surface area (Å²) >= 11 is 0. The van der Waals surface area contributed by atoms with Gasteiger partial charge in [-0.3, -0.25) is 4.40 Å². The van der Waals surface area contributed by atoms with Crippen molar-refractivity contribution >= 4 is 11.5 Å². The monoisotopic (exact) mass is 259 g/mol. The molecule has 0 saturated carbocycles. The minimum Gasteiger partial charge on any atom is -0.409 e. The van der Waals surface area contributed by atoms with Gasteiger partial charge in [0.1, 0.15) is 12.2 Å². The van der Waals surface area contributed by atoms with E-state index in [1.807, 2.05) is 6.92 Å². The molecule has 0 bridgehead atoms. The van der Waals surface area contributed by atoms with E-state index in [-0.39, 0.29) is 11.7 Å². The maximum Gasteiger partial charge on any atom is 0.220 e. The molecular formula is C9H9N9O. The predicted molar refractivity (Wildman–Crippen MR) is 62.9 cm³/mol. The molecule has 0 aromatic carbocycles. The zero-order chi connectivity index (χ0) is 13.4. The summed E-state index contributed by atoms with van der Waals surface area (Å²) in [5.41, 5.74) is 5.95. The Kier molecular flexibility index (Phi) is 2.34. The second kappa shape index (κ2) is 4.01. The van der Waals surface area contributed by atoms with Crippen molar-refractivity contribution in [2.75, 3.05) is 0 Å². The first-order valence-electron chi connectivity index (χ1n) is 5.27. The van der Waals surface area contributed by atoms with Crippen molar-refractivity contribution in [2.24, 2.45) is 10.9 Å². The summed E-state index contributed by atoms with van der Waals surface area (Å²) in [5.74, 6) is 1.11. The van der Waals surface area contributed by atoms with Gasteiger partial charge in [0, 0.05) is 12.4 Å². The number of aromatic nitrogens is 7. The fraction of sp³-hybridized carbons (Fsp3) is 0.111. The molecule has 0 spiro atoms. The van der Waals surface area contributed by atoms with Gasteiger partial charge in [0.2, 0.25) is 23.1 Å². The normalized spacial score (nSPS) is 12.2. The molecule has 0 amide bonds. The Hall–Kier alpha value is -3.04. The van der Waals surface area contributed by atoms with Gasteiger partial charge in [0.15, 0.2) is 0 Å². The first kappa shape index (κ1) is 11.1. The number of amidine groups is 1. The van der Waals surface area contributed by atoms with Crippen LogP contribution in [0.15, 0.2) is 23.9 Å². The Balaban J connectivity index is 2.17. The molecule has 0 saturated heterocycles. The minimum atomic E-state index is -0.177. The molecular weight excluding hydrogens is 250 g/mol. The molecule has 3 N–H and O–H groups in total. The van der Waals surface area contributed by atoms with Crippen LogP contribution in [-0.4, -0.2) is 45.4 Å². The van der Waals surface area contributed by atoms with Gasteiger partial charge < -0.3 is 10.9 Å². The third-order valence-corrected chi connectivity index (χ3v) is 2.52. The van der Waals surface area contributed by atoms with Crippen LogP contribution in [0.1, 0.15) is 11.6 Å². The fourth-order valence-electron chi connectivity index (χ4n) is 1.62. The molecule has 3 heterocycles. The van der Waals surface area contributed by atoms with Crippen LogP contribution in [0.3, 0.4) is 0 Å². The van der Waals surface area contributed by atoms with Crippen molar-refractivity contribution in [1.82, 2.24) is 34.3 Å². The maximum absolute atomic E-state index is 8.57. The number of rotatable bonds is 2. The van der Waals surface area contributed by atoms with E-state index in [1.54, 1.807) is 16.8 Å². The summed E-state index contributed by atoms with van der Waals surface area (Å²) in [6.07, 6.45) is 4.75. The quantitative estimate of drug-likeness (QED) is 0.264. The van der Waals surface area contributed by atoms with Crippen LogP contribution in [0.2, 0.25) is 0 Å². The lowest BCUT2D eigenvalue weighted by Gasteiger charge is -2.00. The summed E-state index contributed by atoms with van der Waals surface area (Å²) in [4.78, 5) is 8.10. The van der Waals surface area contributed by atoms with E-state index in [2.05, 4.69) is 30.4 Å². The van der Waals surface area contributed by atoms with E-state index in [4.69, 9.17) is 10.9 Å². The lowest BCUT2D eigenvalue weighted by atomic mass is 10.6. The van der Waals surface area contributed by atoms with Crippen LogP contribution in [0.4, 0.5) is 0 Å². The molecule has 0 atom stereocenters. The summed E-state index contributed by atoms with van der Waals surface area (Å²) in [6, 6.07) is 0. The molecule has 10 heteroatoms. The topological polar surface area (TPSA) is 132 Å². The Labute approximate surface area is 106 Å². The van der Waals surface area contributed by atoms with Crippen molar-refractivity contribution in [1.29, 1.82) is 0 Å². The highest BCUT2D eigenvalue weighted by Crippen LogP contribution is 2.10. The highest BCUT2D eigenvalue weighted by molar-refractivity contribution is 5.93. The van der Waals surface area contributed by atoms with Crippen LogP contribution in [0.5, 0.6) is 0 Å². The summed E-state index contributed by atoms with van der Waals surface area (Å²) in [7, 11) is 0. The third-order valence-electron chi connectivity index (χ3n) is 2.52. The summed E-state index contributed by atoms with van der Waals surface area (Å²) in [6.45, 7) is 1.83. The Morgan fingerprint density at radius 2 is 2.21 bits per heavy atom. The molecule has 19 heavy (non-hydrogen) atoms. The van der Waals surface area contributed by atoms with Crippen molar-refractivity contribution in [3.8, 4) is 5.82 Å². The van der Waals surface area contributed by atoms with Gasteiger partial charge in [-0.15, -0.1) is 15.3 Å². The molecule has 0 aliphatic heterocycles.